The standard InChI is InChI=1S/C13H18FNO/c1-8-6-10(7-11(14)12(8)16-3)13(4-5-13)9(2)15/h6-7,9H,4-5,15H2,1-3H3. The van der Waals surface area contributed by atoms with Crippen LogP contribution in [0.2, 0.25) is 0 Å². The van der Waals surface area contributed by atoms with E-state index in [1.54, 1.807) is 6.07 Å². The Morgan fingerprint density at radius 2 is 2.06 bits per heavy atom. The quantitative estimate of drug-likeness (QED) is 0.854. The maximum atomic E-state index is 13.8. The van der Waals surface area contributed by atoms with E-state index in [0.29, 0.717) is 5.75 Å². The first-order valence-corrected chi connectivity index (χ1v) is 5.61. The zero-order valence-electron chi connectivity index (χ0n) is 10.0. The average Bonchev–Trinajstić information content (AvgIpc) is 2.97. The van der Waals surface area contributed by atoms with E-state index >= 15 is 0 Å². The molecule has 16 heavy (non-hydrogen) atoms. The van der Waals surface area contributed by atoms with Gasteiger partial charge in [0.05, 0.1) is 7.11 Å². The zero-order chi connectivity index (χ0) is 11.9. The van der Waals surface area contributed by atoms with E-state index in [0.717, 1.165) is 24.0 Å². The molecule has 0 radical (unpaired) electrons. The normalized spacial score (nSPS) is 19.3. The number of nitrogens with two attached hydrogens (primary N) is 1. The van der Waals surface area contributed by atoms with Gasteiger partial charge in [0.2, 0.25) is 0 Å². The van der Waals surface area contributed by atoms with Crippen LogP contribution in [0, 0.1) is 12.7 Å². The van der Waals surface area contributed by atoms with Crippen molar-refractivity contribution >= 4 is 0 Å². The number of benzene rings is 1. The van der Waals surface area contributed by atoms with Gasteiger partial charge in [0.1, 0.15) is 0 Å². The predicted octanol–water partition coefficient (Wildman–Crippen LogP) is 2.52. The number of halogens is 1. The molecule has 0 aromatic heterocycles. The molecule has 1 aliphatic rings. The minimum absolute atomic E-state index is 0.00211. The number of methoxy groups -OCH3 is 1. The summed E-state index contributed by atoms with van der Waals surface area (Å²) in [5.41, 5.74) is 7.83. The fourth-order valence-corrected chi connectivity index (χ4v) is 2.42. The number of rotatable bonds is 3. The van der Waals surface area contributed by atoms with Crippen molar-refractivity contribution in [2.45, 2.75) is 38.1 Å². The molecule has 1 aromatic rings. The molecule has 0 heterocycles. The van der Waals surface area contributed by atoms with Crippen LogP contribution in [0.3, 0.4) is 0 Å². The molecular formula is C13H18FNO. The van der Waals surface area contributed by atoms with Crippen molar-refractivity contribution in [2.75, 3.05) is 7.11 Å². The third-order valence-corrected chi connectivity index (χ3v) is 3.67. The van der Waals surface area contributed by atoms with Gasteiger partial charge in [-0.25, -0.2) is 4.39 Å². The number of hydrogen-bond donors (Lipinski definition) is 1. The summed E-state index contributed by atoms with van der Waals surface area (Å²) in [4.78, 5) is 0. The van der Waals surface area contributed by atoms with Crippen LogP contribution in [-0.4, -0.2) is 13.2 Å². The lowest BCUT2D eigenvalue weighted by Gasteiger charge is -2.21. The van der Waals surface area contributed by atoms with E-state index in [9.17, 15) is 4.39 Å². The van der Waals surface area contributed by atoms with Crippen molar-refractivity contribution in [3.05, 3.63) is 29.1 Å². The molecule has 1 saturated carbocycles. The van der Waals surface area contributed by atoms with Crippen molar-refractivity contribution in [3.8, 4) is 5.75 Å². The van der Waals surface area contributed by atoms with Crippen molar-refractivity contribution in [2.24, 2.45) is 5.73 Å². The lowest BCUT2D eigenvalue weighted by Crippen LogP contribution is -2.31. The average molecular weight is 223 g/mol. The van der Waals surface area contributed by atoms with Gasteiger partial charge >= 0.3 is 0 Å². The summed E-state index contributed by atoms with van der Waals surface area (Å²) >= 11 is 0. The molecule has 1 aromatic carbocycles. The molecule has 0 aliphatic heterocycles. The molecule has 0 amide bonds. The molecule has 3 heteroatoms. The molecule has 88 valence electrons. The topological polar surface area (TPSA) is 35.2 Å². The van der Waals surface area contributed by atoms with Crippen LogP contribution in [-0.2, 0) is 5.41 Å². The summed E-state index contributed by atoms with van der Waals surface area (Å²) < 4.78 is 18.8. The van der Waals surface area contributed by atoms with Crippen LogP contribution >= 0.6 is 0 Å². The zero-order valence-corrected chi connectivity index (χ0v) is 10.0. The second-order valence-electron chi connectivity index (χ2n) is 4.75. The Hall–Kier alpha value is -1.09. The third-order valence-electron chi connectivity index (χ3n) is 3.67. The molecule has 0 spiro atoms. The minimum Gasteiger partial charge on any atom is -0.493 e. The van der Waals surface area contributed by atoms with Crippen LogP contribution in [0.25, 0.3) is 0 Å². The molecule has 2 rings (SSSR count). The second kappa shape index (κ2) is 3.74. The molecule has 1 atom stereocenters. The summed E-state index contributed by atoms with van der Waals surface area (Å²) in [6, 6.07) is 3.64. The van der Waals surface area contributed by atoms with Crippen molar-refractivity contribution in [1.82, 2.24) is 0 Å². The maximum Gasteiger partial charge on any atom is 0.165 e. The van der Waals surface area contributed by atoms with Gasteiger partial charge < -0.3 is 10.5 Å². The highest BCUT2D eigenvalue weighted by molar-refractivity contribution is 5.43. The monoisotopic (exact) mass is 223 g/mol. The van der Waals surface area contributed by atoms with Crippen LogP contribution in [0.5, 0.6) is 5.75 Å². The van der Waals surface area contributed by atoms with Crippen LogP contribution in [0.1, 0.15) is 30.9 Å². The van der Waals surface area contributed by atoms with E-state index in [1.165, 1.54) is 7.11 Å². The first-order chi connectivity index (χ1) is 7.51. The maximum absolute atomic E-state index is 13.8. The van der Waals surface area contributed by atoms with Crippen molar-refractivity contribution in [3.63, 3.8) is 0 Å². The molecule has 2 nitrogen and oxygen atoms in total. The largest absolute Gasteiger partial charge is 0.493 e. The van der Waals surface area contributed by atoms with E-state index in [1.807, 2.05) is 19.9 Å². The molecule has 1 unspecified atom stereocenters. The lowest BCUT2D eigenvalue weighted by molar-refractivity contribution is 0.382. The van der Waals surface area contributed by atoms with Crippen molar-refractivity contribution < 1.29 is 9.13 Å². The summed E-state index contributed by atoms with van der Waals surface area (Å²) in [6.07, 6.45) is 2.10. The molecular weight excluding hydrogens is 205 g/mol. The fourth-order valence-electron chi connectivity index (χ4n) is 2.42. The Kier molecular flexibility index (Phi) is 2.66. The minimum atomic E-state index is -0.288. The Balaban J connectivity index is 2.45. The number of aryl methyl sites for hydroxylation is 1. The molecule has 2 N–H and O–H groups in total. The molecule has 1 fully saturated rings. The highest BCUT2D eigenvalue weighted by atomic mass is 19.1. The first kappa shape index (κ1) is 11.4. The molecule has 0 bridgehead atoms. The smallest absolute Gasteiger partial charge is 0.165 e. The second-order valence-corrected chi connectivity index (χ2v) is 4.75. The van der Waals surface area contributed by atoms with Gasteiger partial charge in [-0.3, -0.25) is 0 Å². The van der Waals surface area contributed by atoms with E-state index in [4.69, 9.17) is 10.5 Å². The summed E-state index contributed by atoms with van der Waals surface area (Å²) in [5.74, 6) is 0.0497. The number of ether oxygens (including phenoxy) is 1. The highest BCUT2D eigenvalue weighted by Crippen LogP contribution is 2.51. The van der Waals surface area contributed by atoms with Crippen LogP contribution in [0.4, 0.5) is 4.39 Å². The Labute approximate surface area is 95.6 Å². The fraction of sp³-hybridized carbons (Fsp3) is 0.538. The predicted molar refractivity (Wildman–Crippen MR) is 62.3 cm³/mol. The van der Waals surface area contributed by atoms with Gasteiger partial charge in [-0.05, 0) is 43.9 Å². The van der Waals surface area contributed by atoms with Gasteiger partial charge in [-0.2, -0.15) is 0 Å². The third kappa shape index (κ3) is 1.59. The van der Waals surface area contributed by atoms with Crippen molar-refractivity contribution in [1.29, 1.82) is 0 Å². The lowest BCUT2D eigenvalue weighted by atomic mass is 9.88. The molecule has 1 aliphatic carbocycles. The number of hydrogen-bond acceptors (Lipinski definition) is 2. The first-order valence-electron chi connectivity index (χ1n) is 5.61. The van der Waals surface area contributed by atoms with Gasteiger partial charge in [0, 0.05) is 11.5 Å². The summed E-state index contributed by atoms with van der Waals surface area (Å²) in [5, 5.41) is 0. The van der Waals surface area contributed by atoms with Gasteiger partial charge in [0.15, 0.2) is 11.6 Å². The van der Waals surface area contributed by atoms with E-state index < -0.39 is 0 Å². The van der Waals surface area contributed by atoms with Gasteiger partial charge in [-0.15, -0.1) is 0 Å². The van der Waals surface area contributed by atoms with E-state index in [2.05, 4.69) is 0 Å². The summed E-state index contributed by atoms with van der Waals surface area (Å²) in [7, 11) is 1.49. The Morgan fingerprint density at radius 3 is 2.44 bits per heavy atom. The SMILES string of the molecule is COc1c(C)cc(C2(C(C)N)CC2)cc1F. The Bertz CT molecular complexity index is 387. The van der Waals surface area contributed by atoms with Gasteiger partial charge in [0.25, 0.3) is 0 Å². The Morgan fingerprint density at radius 1 is 1.44 bits per heavy atom. The molecule has 0 saturated heterocycles. The van der Waals surface area contributed by atoms with Gasteiger partial charge in [-0.1, -0.05) is 6.07 Å². The van der Waals surface area contributed by atoms with Crippen LogP contribution < -0.4 is 10.5 Å². The summed E-state index contributed by atoms with van der Waals surface area (Å²) in [6.45, 7) is 3.85. The highest BCUT2D eigenvalue weighted by Gasteiger charge is 2.47. The van der Waals surface area contributed by atoms with Crippen LogP contribution in [0.15, 0.2) is 12.1 Å². The van der Waals surface area contributed by atoms with E-state index in [-0.39, 0.29) is 17.3 Å².